The summed E-state index contributed by atoms with van der Waals surface area (Å²) in [5, 5.41) is 7.56. The smallest absolute Gasteiger partial charge is 0.226 e. The summed E-state index contributed by atoms with van der Waals surface area (Å²) in [5.74, 6) is 1.42. The van der Waals surface area contributed by atoms with E-state index in [4.69, 9.17) is 4.42 Å². The van der Waals surface area contributed by atoms with E-state index in [1.54, 1.807) is 17.1 Å². The summed E-state index contributed by atoms with van der Waals surface area (Å²) < 4.78 is 7.13. The van der Waals surface area contributed by atoms with Crippen LogP contribution < -0.4 is 5.32 Å². The molecular formula is C19H18N4O2. The number of rotatable bonds is 3. The molecule has 0 spiro atoms. The topological polar surface area (TPSA) is 73.0 Å². The third-order valence-corrected chi connectivity index (χ3v) is 4.45. The predicted molar refractivity (Wildman–Crippen MR) is 94.8 cm³/mol. The van der Waals surface area contributed by atoms with Crippen molar-refractivity contribution in [3.8, 4) is 11.4 Å². The highest BCUT2D eigenvalue weighted by molar-refractivity contribution is 5.96. The van der Waals surface area contributed by atoms with E-state index in [0.717, 1.165) is 34.1 Å². The largest absolute Gasteiger partial charge is 0.465 e. The number of carbonyl (C=O) groups excluding carboxylic acids is 1. The zero-order valence-electron chi connectivity index (χ0n) is 14.1. The van der Waals surface area contributed by atoms with E-state index in [-0.39, 0.29) is 11.8 Å². The first-order chi connectivity index (χ1) is 12.1. The Balaban J connectivity index is 1.86. The lowest BCUT2D eigenvalue weighted by Gasteiger charge is -2.24. The summed E-state index contributed by atoms with van der Waals surface area (Å²) in [6.07, 6.45) is 5.74. The number of hydrogen-bond donors (Lipinski definition) is 1. The van der Waals surface area contributed by atoms with E-state index >= 15 is 0 Å². The molecule has 0 fully saturated rings. The number of hydrogen-bond acceptors (Lipinski definition) is 4. The average Bonchev–Trinajstić information content (AvgIpc) is 3.23. The van der Waals surface area contributed by atoms with Crippen LogP contribution in [-0.4, -0.2) is 20.7 Å². The van der Waals surface area contributed by atoms with E-state index in [2.05, 4.69) is 15.4 Å². The molecule has 0 unspecified atom stereocenters. The third kappa shape index (κ3) is 2.76. The molecule has 0 bridgehead atoms. The highest BCUT2D eigenvalue weighted by Gasteiger charge is 2.33. The van der Waals surface area contributed by atoms with Gasteiger partial charge in [-0.25, -0.2) is 0 Å². The quantitative estimate of drug-likeness (QED) is 0.794. The number of fused-ring (bicyclic) bond motifs is 1. The summed E-state index contributed by atoms with van der Waals surface area (Å²) in [7, 11) is 1.83. The highest BCUT2D eigenvalue weighted by Crippen LogP contribution is 2.42. The molecule has 25 heavy (non-hydrogen) atoms. The van der Waals surface area contributed by atoms with Gasteiger partial charge in [0.15, 0.2) is 0 Å². The molecule has 3 aromatic heterocycles. The minimum atomic E-state index is -0.0699. The van der Waals surface area contributed by atoms with Gasteiger partial charge in [-0.15, -0.1) is 0 Å². The Kier molecular flexibility index (Phi) is 3.72. The molecule has 126 valence electrons. The number of aryl methyl sites for hydroxylation is 1. The number of amides is 1. The van der Waals surface area contributed by atoms with Crippen molar-refractivity contribution in [1.29, 1.82) is 0 Å². The number of aromatic nitrogens is 3. The lowest BCUT2D eigenvalue weighted by molar-refractivity contribution is -0.116. The maximum atomic E-state index is 12.2. The maximum absolute atomic E-state index is 12.2. The number of carbonyl (C=O) groups is 1. The molecule has 1 atom stereocenters. The Bertz CT molecular complexity index is 939. The predicted octanol–water partition coefficient (Wildman–Crippen LogP) is 3.60. The van der Waals surface area contributed by atoms with E-state index in [1.165, 1.54) is 0 Å². The molecule has 1 N–H and O–H groups in total. The standard InChI is InChI=1S/C19H18N4O2/c1-12(10-13-6-5-9-25-13)14-11-16(24)21-19-17(14)18(22-23(19)2)15-7-3-4-8-20-15/h3-10,14H,11H2,1-2H3,(H,21,24)/b12-10+/t14-/m0/s1. The SMILES string of the molecule is C/C(=C\c1ccco1)[C@@H]1CC(=O)Nc2c1c(-c1ccccn1)nn2C. The molecule has 1 aliphatic heterocycles. The molecule has 6 nitrogen and oxygen atoms in total. The van der Waals surface area contributed by atoms with Crippen LogP contribution in [0.5, 0.6) is 0 Å². The van der Waals surface area contributed by atoms with Crippen molar-refractivity contribution in [2.24, 2.45) is 7.05 Å². The van der Waals surface area contributed by atoms with Crippen molar-refractivity contribution in [3.63, 3.8) is 0 Å². The van der Waals surface area contributed by atoms with Crippen molar-refractivity contribution in [2.45, 2.75) is 19.3 Å². The summed E-state index contributed by atoms with van der Waals surface area (Å²) in [5.41, 5.74) is 3.65. The van der Waals surface area contributed by atoms with Crippen LogP contribution in [0.4, 0.5) is 5.82 Å². The number of nitrogens with zero attached hydrogens (tertiary/aromatic N) is 3. The number of nitrogens with one attached hydrogen (secondary N) is 1. The Hall–Kier alpha value is -3.15. The number of anilines is 1. The summed E-state index contributed by atoms with van der Waals surface area (Å²) in [6, 6.07) is 9.49. The van der Waals surface area contributed by atoms with Gasteiger partial charge in [0.1, 0.15) is 17.3 Å². The fraction of sp³-hybridized carbons (Fsp3) is 0.211. The van der Waals surface area contributed by atoms with Gasteiger partial charge in [0.05, 0.1) is 12.0 Å². The van der Waals surface area contributed by atoms with Crippen molar-refractivity contribution >= 4 is 17.8 Å². The van der Waals surface area contributed by atoms with E-state index < -0.39 is 0 Å². The first-order valence-electron chi connectivity index (χ1n) is 8.13. The second-order valence-electron chi connectivity index (χ2n) is 6.16. The highest BCUT2D eigenvalue weighted by atomic mass is 16.3. The molecule has 1 amide bonds. The van der Waals surface area contributed by atoms with Crippen molar-refractivity contribution < 1.29 is 9.21 Å². The van der Waals surface area contributed by atoms with Gasteiger partial charge >= 0.3 is 0 Å². The van der Waals surface area contributed by atoms with Crippen LogP contribution in [0.3, 0.4) is 0 Å². The molecule has 4 rings (SSSR count). The van der Waals surface area contributed by atoms with E-state index in [0.29, 0.717) is 6.42 Å². The number of allylic oxidation sites excluding steroid dienone is 1. The Morgan fingerprint density at radius 1 is 1.36 bits per heavy atom. The van der Waals surface area contributed by atoms with Crippen molar-refractivity contribution in [3.05, 3.63) is 59.7 Å². The molecule has 0 aliphatic carbocycles. The minimum absolute atomic E-state index is 0.0136. The van der Waals surface area contributed by atoms with Gasteiger partial charge in [-0.2, -0.15) is 5.10 Å². The van der Waals surface area contributed by atoms with Crippen LogP contribution in [0.25, 0.3) is 17.5 Å². The maximum Gasteiger partial charge on any atom is 0.226 e. The first-order valence-corrected chi connectivity index (χ1v) is 8.13. The van der Waals surface area contributed by atoms with E-state index in [9.17, 15) is 4.79 Å². The van der Waals surface area contributed by atoms with Gasteiger partial charge in [0, 0.05) is 31.1 Å². The monoisotopic (exact) mass is 334 g/mol. The summed E-state index contributed by atoms with van der Waals surface area (Å²) in [4.78, 5) is 16.7. The second kappa shape index (κ2) is 6.05. The Morgan fingerprint density at radius 3 is 2.96 bits per heavy atom. The molecule has 0 radical (unpaired) electrons. The summed E-state index contributed by atoms with van der Waals surface area (Å²) >= 11 is 0. The van der Waals surface area contributed by atoms with Gasteiger partial charge in [-0.1, -0.05) is 11.6 Å². The van der Waals surface area contributed by atoms with Gasteiger partial charge < -0.3 is 9.73 Å². The lowest BCUT2D eigenvalue weighted by Crippen LogP contribution is -2.24. The van der Waals surface area contributed by atoms with Crippen molar-refractivity contribution in [1.82, 2.24) is 14.8 Å². The second-order valence-corrected chi connectivity index (χ2v) is 6.16. The van der Waals surface area contributed by atoms with Gasteiger partial charge in [0.25, 0.3) is 0 Å². The van der Waals surface area contributed by atoms with Crippen LogP contribution in [0, 0.1) is 0 Å². The Labute approximate surface area is 145 Å². The van der Waals surface area contributed by atoms with Crippen LogP contribution in [0.1, 0.15) is 30.6 Å². The molecule has 6 heteroatoms. The number of pyridine rings is 1. The zero-order valence-corrected chi connectivity index (χ0v) is 14.1. The molecule has 3 aromatic rings. The zero-order chi connectivity index (χ0) is 17.4. The lowest BCUT2D eigenvalue weighted by atomic mass is 9.85. The van der Waals surface area contributed by atoms with Crippen LogP contribution in [0.2, 0.25) is 0 Å². The van der Waals surface area contributed by atoms with Crippen LogP contribution in [-0.2, 0) is 11.8 Å². The van der Waals surface area contributed by atoms with Crippen molar-refractivity contribution in [2.75, 3.05) is 5.32 Å². The molecular weight excluding hydrogens is 316 g/mol. The molecule has 1 aliphatic rings. The normalized spacial score (nSPS) is 17.3. The molecule has 0 saturated heterocycles. The third-order valence-electron chi connectivity index (χ3n) is 4.45. The molecule has 0 saturated carbocycles. The fourth-order valence-corrected chi connectivity index (χ4v) is 3.27. The average molecular weight is 334 g/mol. The Morgan fingerprint density at radius 2 is 2.24 bits per heavy atom. The van der Waals surface area contributed by atoms with E-state index in [1.807, 2.05) is 50.4 Å². The fourth-order valence-electron chi connectivity index (χ4n) is 3.27. The number of furan rings is 1. The first kappa shape index (κ1) is 15.4. The summed E-state index contributed by atoms with van der Waals surface area (Å²) in [6.45, 7) is 2.02. The van der Waals surface area contributed by atoms with Crippen LogP contribution >= 0.6 is 0 Å². The van der Waals surface area contributed by atoms with Gasteiger partial charge in [-0.3, -0.25) is 14.5 Å². The van der Waals surface area contributed by atoms with Crippen LogP contribution in [0.15, 0.2) is 52.8 Å². The van der Waals surface area contributed by atoms with Gasteiger partial charge in [0.2, 0.25) is 5.91 Å². The molecule has 4 heterocycles. The molecule has 0 aromatic carbocycles. The minimum Gasteiger partial charge on any atom is -0.465 e. The van der Waals surface area contributed by atoms with Gasteiger partial charge in [-0.05, 0) is 37.3 Å².